The Hall–Kier alpha value is -3.27. The van der Waals surface area contributed by atoms with Crippen molar-refractivity contribution in [2.75, 3.05) is 18.0 Å². The highest BCUT2D eigenvalue weighted by Crippen LogP contribution is 2.22. The Kier molecular flexibility index (Phi) is 6.02. The number of hydrogen-bond donors (Lipinski definition) is 3. The van der Waals surface area contributed by atoms with E-state index in [4.69, 9.17) is 16.7 Å². The number of rotatable bonds is 6. The molecule has 26 heavy (non-hydrogen) atoms. The minimum atomic E-state index is -1.41. The number of nitrogens with zero attached hydrogens (tertiary/aromatic N) is 2. The molecule has 0 bridgehead atoms. The number of halogens is 1. The van der Waals surface area contributed by atoms with Crippen molar-refractivity contribution in [3.05, 3.63) is 29.3 Å². The van der Waals surface area contributed by atoms with Crippen molar-refractivity contribution in [1.82, 2.24) is 10.6 Å². The van der Waals surface area contributed by atoms with E-state index in [2.05, 4.69) is 10.3 Å². The number of barbiturate groups is 1. The summed E-state index contributed by atoms with van der Waals surface area (Å²) in [6.07, 6.45) is 0.938. The first-order chi connectivity index (χ1) is 12.3. The first-order valence-electron chi connectivity index (χ1n) is 7.22. The quantitative estimate of drug-likeness (QED) is 0.460. The Balaban J connectivity index is 2.09. The zero-order chi connectivity index (χ0) is 19.3. The smallest absolute Gasteiger partial charge is 0.335 e. The number of imide groups is 2. The van der Waals surface area contributed by atoms with Crippen LogP contribution >= 0.6 is 11.6 Å². The summed E-state index contributed by atoms with van der Waals surface area (Å²) in [5.41, 5.74) is 0.210. The number of aliphatic imine (C=N–C) groups is 1. The van der Waals surface area contributed by atoms with E-state index in [9.17, 15) is 24.0 Å². The van der Waals surface area contributed by atoms with Crippen molar-refractivity contribution in [2.45, 2.75) is 0 Å². The molecule has 1 aliphatic heterocycles. The van der Waals surface area contributed by atoms with E-state index in [1.54, 1.807) is 0 Å². The Morgan fingerprint density at radius 3 is 2.54 bits per heavy atom. The topological polar surface area (TPSA) is 145 Å². The molecule has 1 aromatic carbocycles. The molecule has 2 rings (SSSR count). The molecule has 1 fully saturated rings. The molecule has 1 aliphatic rings. The number of hydrogen-bond acceptors (Lipinski definition) is 6. The number of benzene rings is 1. The average molecular weight is 381 g/mol. The fraction of sp³-hybridized carbons (Fsp3) is 0.200. The number of urea groups is 1. The van der Waals surface area contributed by atoms with Crippen LogP contribution in [0.15, 0.2) is 29.3 Å². The number of carboxylic acids is 1. The molecule has 0 unspecified atom stereocenters. The molecule has 11 heteroatoms. The maximum atomic E-state index is 12.5. The molecule has 5 amide bonds. The molecule has 136 valence electrons. The number of carbonyl (C=O) groups is 5. The Morgan fingerprint density at radius 2 is 1.92 bits per heavy atom. The molecule has 1 aromatic rings. The van der Waals surface area contributed by atoms with E-state index in [0.717, 1.165) is 11.1 Å². The lowest BCUT2D eigenvalue weighted by molar-refractivity contribution is -0.137. The van der Waals surface area contributed by atoms with Crippen LogP contribution in [0, 0.1) is 5.92 Å². The van der Waals surface area contributed by atoms with Gasteiger partial charge in [0.25, 0.3) is 5.91 Å². The summed E-state index contributed by atoms with van der Waals surface area (Å²) in [7, 11) is 0. The first kappa shape index (κ1) is 19.1. The lowest BCUT2D eigenvalue weighted by Crippen LogP contribution is -2.58. The summed E-state index contributed by atoms with van der Waals surface area (Å²) in [4.78, 5) is 62.4. The molecule has 0 radical (unpaired) electrons. The van der Waals surface area contributed by atoms with Crippen molar-refractivity contribution >= 4 is 53.2 Å². The third kappa shape index (κ3) is 4.63. The molecule has 3 N–H and O–H groups in total. The van der Waals surface area contributed by atoms with Crippen LogP contribution in [0.3, 0.4) is 0 Å². The van der Waals surface area contributed by atoms with Gasteiger partial charge in [-0.1, -0.05) is 11.6 Å². The van der Waals surface area contributed by atoms with Gasteiger partial charge >= 0.3 is 12.0 Å². The number of amides is 5. The fourth-order valence-corrected chi connectivity index (χ4v) is 2.15. The Labute approximate surface area is 151 Å². The average Bonchev–Trinajstić information content (AvgIpc) is 2.57. The second-order valence-electron chi connectivity index (χ2n) is 5.08. The molecule has 0 aliphatic carbocycles. The number of carboxylic acid groups (broad SMARTS) is 1. The van der Waals surface area contributed by atoms with Crippen LogP contribution in [-0.2, 0) is 19.2 Å². The van der Waals surface area contributed by atoms with Crippen LogP contribution in [0.1, 0.15) is 0 Å². The molecule has 1 atom stereocenters. The molecular weight excluding hydrogens is 368 g/mol. The minimum Gasteiger partial charge on any atom is -0.480 e. The number of nitrogens with one attached hydrogen (secondary N) is 2. The van der Waals surface area contributed by atoms with Gasteiger partial charge in [-0.3, -0.25) is 29.5 Å². The molecular formula is C15H13ClN4O6. The lowest BCUT2D eigenvalue weighted by Gasteiger charge is -2.28. The van der Waals surface area contributed by atoms with E-state index in [-0.39, 0.29) is 5.69 Å². The molecule has 0 aromatic heterocycles. The zero-order valence-electron chi connectivity index (χ0n) is 13.1. The number of carbonyl (C=O) groups excluding carboxylic acids is 4. The Bertz CT molecular complexity index is 792. The van der Waals surface area contributed by atoms with E-state index >= 15 is 0 Å². The van der Waals surface area contributed by atoms with E-state index in [1.807, 2.05) is 5.32 Å². The van der Waals surface area contributed by atoms with Crippen LogP contribution < -0.4 is 15.5 Å². The minimum absolute atomic E-state index is 0.210. The maximum absolute atomic E-state index is 12.5. The van der Waals surface area contributed by atoms with Gasteiger partial charge in [0, 0.05) is 11.2 Å². The fourth-order valence-electron chi connectivity index (χ4n) is 2.03. The standard InChI is InChI=1S/C15H13ClN4O6/c16-8-1-3-9(4-2-8)20-14(25)10(13(24)19-15(20)26)5-17-6-11(21)18-7-12(22)23/h1-5,10H,6-7H2,(H,18,21)(H,22,23)(H,19,24,26)/t10-/m1/s1. The Morgan fingerprint density at radius 1 is 1.27 bits per heavy atom. The normalized spacial score (nSPS) is 17.3. The van der Waals surface area contributed by atoms with Crippen LogP contribution in [0.4, 0.5) is 10.5 Å². The summed E-state index contributed by atoms with van der Waals surface area (Å²) >= 11 is 5.76. The van der Waals surface area contributed by atoms with E-state index < -0.39 is 48.7 Å². The molecule has 1 heterocycles. The van der Waals surface area contributed by atoms with Crippen molar-refractivity contribution in [1.29, 1.82) is 0 Å². The van der Waals surface area contributed by atoms with Crippen LogP contribution in [-0.4, -0.2) is 54.1 Å². The second kappa shape index (κ2) is 8.21. The number of anilines is 1. The predicted octanol–water partition coefficient (Wildman–Crippen LogP) is -0.189. The predicted molar refractivity (Wildman–Crippen MR) is 90.0 cm³/mol. The van der Waals surface area contributed by atoms with Crippen LogP contribution in [0.2, 0.25) is 5.02 Å². The van der Waals surface area contributed by atoms with Gasteiger partial charge in [0.05, 0.1) is 5.69 Å². The van der Waals surface area contributed by atoms with Crippen molar-refractivity contribution < 1.29 is 29.1 Å². The highest BCUT2D eigenvalue weighted by molar-refractivity contribution is 6.33. The highest BCUT2D eigenvalue weighted by atomic mass is 35.5. The van der Waals surface area contributed by atoms with E-state index in [1.165, 1.54) is 24.3 Å². The SMILES string of the molecule is O=C(O)CNC(=O)CN=C[C@@H]1C(=O)NC(=O)N(c2ccc(Cl)cc2)C1=O. The summed E-state index contributed by atoms with van der Waals surface area (Å²) in [6.45, 7) is -1.05. The van der Waals surface area contributed by atoms with Gasteiger partial charge < -0.3 is 10.4 Å². The summed E-state index contributed by atoms with van der Waals surface area (Å²) < 4.78 is 0. The zero-order valence-corrected chi connectivity index (χ0v) is 13.9. The monoisotopic (exact) mass is 380 g/mol. The molecule has 0 spiro atoms. The molecule has 10 nitrogen and oxygen atoms in total. The van der Waals surface area contributed by atoms with Crippen molar-refractivity contribution in [2.24, 2.45) is 10.9 Å². The van der Waals surface area contributed by atoms with Gasteiger partial charge in [-0.25, -0.2) is 9.69 Å². The lowest BCUT2D eigenvalue weighted by atomic mass is 10.1. The van der Waals surface area contributed by atoms with E-state index in [0.29, 0.717) is 5.02 Å². The number of aliphatic carboxylic acids is 1. The van der Waals surface area contributed by atoms with Crippen molar-refractivity contribution in [3.63, 3.8) is 0 Å². The van der Waals surface area contributed by atoms with Gasteiger partial charge in [-0.15, -0.1) is 0 Å². The third-order valence-electron chi connectivity index (χ3n) is 3.21. The van der Waals surface area contributed by atoms with Crippen LogP contribution in [0.25, 0.3) is 0 Å². The molecule has 1 saturated heterocycles. The summed E-state index contributed by atoms with van der Waals surface area (Å²) in [5, 5.41) is 12.9. The van der Waals surface area contributed by atoms with Gasteiger partial charge in [0.1, 0.15) is 13.1 Å². The van der Waals surface area contributed by atoms with Gasteiger partial charge in [0.2, 0.25) is 11.8 Å². The summed E-state index contributed by atoms with van der Waals surface area (Å²) in [5.74, 6) is -5.04. The van der Waals surface area contributed by atoms with Gasteiger partial charge in [0.15, 0.2) is 5.92 Å². The maximum Gasteiger partial charge on any atom is 0.335 e. The second-order valence-corrected chi connectivity index (χ2v) is 5.52. The third-order valence-corrected chi connectivity index (χ3v) is 3.47. The van der Waals surface area contributed by atoms with Crippen LogP contribution in [0.5, 0.6) is 0 Å². The first-order valence-corrected chi connectivity index (χ1v) is 7.60. The largest absolute Gasteiger partial charge is 0.480 e. The molecule has 0 saturated carbocycles. The highest BCUT2D eigenvalue weighted by Gasteiger charge is 2.40. The van der Waals surface area contributed by atoms with Gasteiger partial charge in [-0.05, 0) is 24.3 Å². The van der Waals surface area contributed by atoms with Gasteiger partial charge in [-0.2, -0.15) is 0 Å². The van der Waals surface area contributed by atoms with Crippen molar-refractivity contribution in [3.8, 4) is 0 Å². The summed E-state index contributed by atoms with van der Waals surface area (Å²) in [6, 6.07) is 4.91.